The zero-order valence-electron chi connectivity index (χ0n) is 16.8. The molecule has 2 aromatic carbocycles. The van der Waals surface area contributed by atoms with Gasteiger partial charge in [-0.1, -0.05) is 36.4 Å². The molecule has 154 valence electrons. The van der Waals surface area contributed by atoms with Crippen LogP contribution < -0.4 is 5.73 Å². The van der Waals surface area contributed by atoms with E-state index >= 15 is 0 Å². The van der Waals surface area contributed by atoms with E-state index in [9.17, 15) is 14.9 Å². The van der Waals surface area contributed by atoms with Crippen molar-refractivity contribution in [2.24, 2.45) is 5.73 Å². The fourth-order valence-electron chi connectivity index (χ4n) is 3.72. The molecule has 1 heterocycles. The van der Waals surface area contributed by atoms with Crippen molar-refractivity contribution in [3.63, 3.8) is 0 Å². The van der Waals surface area contributed by atoms with E-state index in [2.05, 4.69) is 11.9 Å². The van der Waals surface area contributed by atoms with Crippen molar-refractivity contribution in [1.29, 1.82) is 0 Å². The second-order valence-corrected chi connectivity index (χ2v) is 7.68. The van der Waals surface area contributed by atoms with E-state index in [4.69, 9.17) is 5.73 Å². The Balaban J connectivity index is 1.75. The van der Waals surface area contributed by atoms with Crippen LogP contribution in [-0.4, -0.2) is 46.8 Å². The molecule has 0 saturated carbocycles. The van der Waals surface area contributed by atoms with Gasteiger partial charge in [-0.3, -0.25) is 14.9 Å². The van der Waals surface area contributed by atoms with Crippen molar-refractivity contribution in [2.45, 2.75) is 38.4 Å². The minimum absolute atomic E-state index is 0.0355. The molecule has 0 atom stereocenters. The highest BCUT2D eigenvalue weighted by atomic mass is 16.6. The third-order valence-corrected chi connectivity index (χ3v) is 5.56. The average Bonchev–Trinajstić information content (AvgIpc) is 2.73. The lowest BCUT2D eigenvalue weighted by atomic mass is 10.0. The normalized spacial score (nSPS) is 15.2. The monoisotopic (exact) mass is 396 g/mol. The van der Waals surface area contributed by atoms with Crippen LogP contribution in [0.15, 0.2) is 48.5 Å². The van der Waals surface area contributed by atoms with Crippen molar-refractivity contribution in [3.05, 3.63) is 75.3 Å². The molecular formula is C22H28N4O3. The summed E-state index contributed by atoms with van der Waals surface area (Å²) in [6.45, 7) is 3.00. The maximum absolute atomic E-state index is 13.2. The number of benzene rings is 2. The number of amides is 1. The summed E-state index contributed by atoms with van der Waals surface area (Å²) in [6, 6.07) is 14.5. The number of nitro benzene ring substituents is 1. The van der Waals surface area contributed by atoms with E-state index in [0.717, 1.165) is 42.6 Å². The molecule has 1 aliphatic rings. The standard InChI is InChI=1S/C22H28N4O3/c1-24-12-10-20(11-13-24)25(16-19-4-2-18(15-23)3-5-19)22(27)14-17-6-8-21(9-7-17)26(28)29/h2-9,20H,10-16,23H2,1H3. The van der Waals surface area contributed by atoms with Gasteiger partial charge in [0.15, 0.2) is 0 Å². The first-order chi connectivity index (χ1) is 14.0. The van der Waals surface area contributed by atoms with Crippen LogP contribution in [0.1, 0.15) is 29.5 Å². The van der Waals surface area contributed by atoms with Crippen LogP contribution in [0, 0.1) is 10.1 Å². The predicted molar refractivity (Wildman–Crippen MR) is 112 cm³/mol. The lowest BCUT2D eigenvalue weighted by Crippen LogP contribution is -2.46. The van der Waals surface area contributed by atoms with E-state index in [1.54, 1.807) is 12.1 Å². The number of piperidine rings is 1. The Hall–Kier alpha value is -2.77. The minimum atomic E-state index is -0.429. The molecule has 3 rings (SSSR count). The zero-order valence-corrected chi connectivity index (χ0v) is 16.8. The topological polar surface area (TPSA) is 92.7 Å². The number of carbonyl (C=O) groups is 1. The molecule has 1 amide bonds. The van der Waals surface area contributed by atoms with E-state index in [0.29, 0.717) is 13.1 Å². The third kappa shape index (κ3) is 5.62. The first-order valence-corrected chi connectivity index (χ1v) is 9.95. The molecule has 0 aromatic heterocycles. The van der Waals surface area contributed by atoms with Crippen molar-refractivity contribution in [1.82, 2.24) is 9.80 Å². The van der Waals surface area contributed by atoms with Gasteiger partial charge in [-0.2, -0.15) is 0 Å². The number of carbonyl (C=O) groups excluding carboxylic acids is 1. The Kier molecular flexibility index (Phi) is 6.95. The number of hydrogen-bond donors (Lipinski definition) is 1. The van der Waals surface area contributed by atoms with E-state index in [1.165, 1.54) is 12.1 Å². The van der Waals surface area contributed by atoms with Crippen LogP contribution >= 0.6 is 0 Å². The number of likely N-dealkylation sites (tertiary alicyclic amines) is 1. The van der Waals surface area contributed by atoms with Crippen LogP contribution in [0.4, 0.5) is 5.69 Å². The van der Waals surface area contributed by atoms with Crippen LogP contribution in [0.2, 0.25) is 0 Å². The van der Waals surface area contributed by atoms with Gasteiger partial charge in [0, 0.05) is 31.3 Å². The summed E-state index contributed by atoms with van der Waals surface area (Å²) in [4.78, 5) is 27.9. The largest absolute Gasteiger partial charge is 0.335 e. The molecule has 1 saturated heterocycles. The first-order valence-electron chi connectivity index (χ1n) is 9.95. The van der Waals surface area contributed by atoms with Crippen molar-refractivity contribution in [3.8, 4) is 0 Å². The highest BCUT2D eigenvalue weighted by Crippen LogP contribution is 2.21. The maximum atomic E-state index is 13.2. The predicted octanol–water partition coefficient (Wildman–Crippen LogP) is 2.72. The molecule has 0 radical (unpaired) electrons. The Bertz CT molecular complexity index is 828. The lowest BCUT2D eigenvalue weighted by molar-refractivity contribution is -0.384. The minimum Gasteiger partial charge on any atom is -0.335 e. The number of rotatable bonds is 7. The summed E-state index contributed by atoms with van der Waals surface area (Å²) in [7, 11) is 2.10. The zero-order chi connectivity index (χ0) is 20.8. The lowest BCUT2D eigenvalue weighted by Gasteiger charge is -2.37. The van der Waals surface area contributed by atoms with Gasteiger partial charge in [-0.15, -0.1) is 0 Å². The average molecular weight is 396 g/mol. The van der Waals surface area contributed by atoms with Gasteiger partial charge >= 0.3 is 0 Å². The van der Waals surface area contributed by atoms with Gasteiger partial charge in [0.25, 0.3) is 5.69 Å². The second kappa shape index (κ2) is 9.62. The Morgan fingerprint density at radius 3 is 2.17 bits per heavy atom. The summed E-state index contributed by atoms with van der Waals surface area (Å²) in [6.07, 6.45) is 2.14. The van der Waals surface area contributed by atoms with E-state index < -0.39 is 4.92 Å². The van der Waals surface area contributed by atoms with Crippen LogP contribution in [0.3, 0.4) is 0 Å². The van der Waals surface area contributed by atoms with Gasteiger partial charge in [0.2, 0.25) is 5.91 Å². The molecule has 29 heavy (non-hydrogen) atoms. The van der Waals surface area contributed by atoms with Gasteiger partial charge < -0.3 is 15.5 Å². The maximum Gasteiger partial charge on any atom is 0.269 e. The second-order valence-electron chi connectivity index (χ2n) is 7.68. The third-order valence-electron chi connectivity index (χ3n) is 5.56. The van der Waals surface area contributed by atoms with Crippen molar-refractivity contribution in [2.75, 3.05) is 20.1 Å². The summed E-state index contributed by atoms with van der Waals surface area (Å²) in [5.74, 6) is 0.0521. The fraction of sp³-hybridized carbons (Fsp3) is 0.409. The van der Waals surface area contributed by atoms with Crippen LogP contribution in [-0.2, 0) is 24.3 Å². The Morgan fingerprint density at radius 2 is 1.62 bits per heavy atom. The number of hydrogen-bond acceptors (Lipinski definition) is 5. The molecule has 7 heteroatoms. The molecule has 0 aliphatic carbocycles. The van der Waals surface area contributed by atoms with E-state index in [1.807, 2.05) is 29.2 Å². The molecule has 7 nitrogen and oxygen atoms in total. The molecule has 1 fully saturated rings. The van der Waals surface area contributed by atoms with E-state index in [-0.39, 0.29) is 24.1 Å². The molecule has 0 unspecified atom stereocenters. The molecular weight excluding hydrogens is 368 g/mol. The SMILES string of the molecule is CN1CCC(N(Cc2ccc(CN)cc2)C(=O)Cc2ccc([N+](=O)[O-])cc2)CC1. The molecule has 2 aromatic rings. The van der Waals surface area contributed by atoms with Crippen molar-refractivity contribution < 1.29 is 9.72 Å². The Morgan fingerprint density at radius 1 is 1.07 bits per heavy atom. The fourth-order valence-corrected chi connectivity index (χ4v) is 3.72. The van der Waals surface area contributed by atoms with Gasteiger partial charge in [-0.25, -0.2) is 0 Å². The molecule has 2 N–H and O–H groups in total. The van der Waals surface area contributed by atoms with Gasteiger partial charge in [0.05, 0.1) is 11.3 Å². The number of nitro groups is 1. The number of nitrogens with zero attached hydrogens (tertiary/aromatic N) is 3. The van der Waals surface area contributed by atoms with Gasteiger partial charge in [-0.05, 0) is 49.7 Å². The highest BCUT2D eigenvalue weighted by molar-refractivity contribution is 5.79. The summed E-state index contributed by atoms with van der Waals surface area (Å²) < 4.78 is 0. The number of nitrogens with two attached hydrogens (primary N) is 1. The van der Waals surface area contributed by atoms with Crippen molar-refractivity contribution >= 4 is 11.6 Å². The molecule has 0 bridgehead atoms. The molecule has 1 aliphatic heterocycles. The quantitative estimate of drug-likeness (QED) is 0.574. The highest BCUT2D eigenvalue weighted by Gasteiger charge is 2.27. The Labute approximate surface area is 171 Å². The molecule has 0 spiro atoms. The van der Waals surface area contributed by atoms with Crippen LogP contribution in [0.5, 0.6) is 0 Å². The summed E-state index contributed by atoms with van der Waals surface area (Å²) in [5.41, 5.74) is 8.66. The smallest absolute Gasteiger partial charge is 0.269 e. The van der Waals surface area contributed by atoms with Gasteiger partial charge in [0.1, 0.15) is 0 Å². The van der Waals surface area contributed by atoms with Crippen LogP contribution in [0.25, 0.3) is 0 Å². The first kappa shape index (κ1) is 21.0. The number of non-ortho nitro benzene ring substituents is 1. The summed E-state index contributed by atoms with van der Waals surface area (Å²) >= 11 is 0. The summed E-state index contributed by atoms with van der Waals surface area (Å²) in [5, 5.41) is 10.8.